The van der Waals surface area contributed by atoms with Gasteiger partial charge in [0.15, 0.2) is 0 Å². The lowest BCUT2D eigenvalue weighted by Crippen LogP contribution is -2.33. The van der Waals surface area contributed by atoms with E-state index in [2.05, 4.69) is 302 Å². The first-order valence-corrected chi connectivity index (χ1v) is 28.8. The predicted octanol–water partition coefficient (Wildman–Crippen LogP) is 20.6. The van der Waals surface area contributed by atoms with Gasteiger partial charge in [0.05, 0.1) is 16.5 Å². The molecule has 2 aliphatic carbocycles. The van der Waals surface area contributed by atoms with Crippen LogP contribution in [0.15, 0.2) is 307 Å². The highest BCUT2D eigenvalue weighted by atomic mass is 32.2. The van der Waals surface area contributed by atoms with Crippen LogP contribution in [0.25, 0.3) is 66.4 Å². The maximum Gasteiger partial charge on any atom is 0.132 e. The minimum Gasteiger partial charge on any atom is -0.457 e. The SMILES string of the molecule is c1ccc(-c2ccc3c(c2)C2(c4cc(N(c5cccc(-c6ccccc6-c6ccc7ccccc7c6)c5)c5cccc6c5Sc5ccccc5C65c6ccccc6-c6ccccc65)ccc4O3)c3ccccc3-c3ccccc32)cc1. The standard InChI is InChI=1S/C78H49NOS/c1-2-20-50(21-3-1)53-42-44-73-70(48-53)78(66-34-14-10-30-62(66)63-31-11-15-35-67(63)78)71-49-57(43-45-74(71)80-73)79(56-25-18-24-54(47-56)58-26-6-7-27-59(58)55-41-40-51-22-4-5-23-52(51)46-55)72-38-19-37-69-76(72)81-75-39-17-16-36-68(75)77(69)64-32-12-8-28-60(64)61-29-9-13-33-65(61)77/h1-49H. The van der Waals surface area contributed by atoms with Crippen LogP contribution in [0.3, 0.4) is 0 Å². The Labute approximate surface area is 475 Å². The Morgan fingerprint density at radius 3 is 1.41 bits per heavy atom. The Morgan fingerprint density at radius 1 is 0.272 bits per heavy atom. The molecule has 17 rings (SSSR count). The third-order valence-corrected chi connectivity index (χ3v) is 19.0. The summed E-state index contributed by atoms with van der Waals surface area (Å²) in [6.07, 6.45) is 0. The van der Waals surface area contributed by atoms with Gasteiger partial charge >= 0.3 is 0 Å². The Bertz CT molecular complexity index is 4650. The lowest BCUT2D eigenvalue weighted by atomic mass is 9.65. The molecule has 0 radical (unpaired) electrons. The molecule has 0 unspecified atom stereocenters. The van der Waals surface area contributed by atoms with Crippen molar-refractivity contribution in [1.82, 2.24) is 0 Å². The summed E-state index contributed by atoms with van der Waals surface area (Å²) in [5.74, 6) is 1.71. The molecular formula is C78H49NOS. The molecule has 0 saturated carbocycles. The third-order valence-electron chi connectivity index (χ3n) is 17.8. The molecule has 3 heteroatoms. The topological polar surface area (TPSA) is 12.5 Å². The van der Waals surface area contributed by atoms with Crippen molar-refractivity contribution in [3.8, 4) is 67.1 Å². The van der Waals surface area contributed by atoms with Crippen LogP contribution >= 0.6 is 11.8 Å². The monoisotopic (exact) mass is 1050 g/mol. The molecule has 2 heterocycles. The predicted molar refractivity (Wildman–Crippen MR) is 334 cm³/mol. The number of hydrogen-bond acceptors (Lipinski definition) is 3. The first-order valence-electron chi connectivity index (χ1n) is 28.0. The molecule has 378 valence electrons. The van der Waals surface area contributed by atoms with Gasteiger partial charge in [-0.2, -0.15) is 0 Å². The van der Waals surface area contributed by atoms with Crippen LogP contribution in [0.5, 0.6) is 11.5 Å². The van der Waals surface area contributed by atoms with Crippen molar-refractivity contribution in [3.05, 3.63) is 342 Å². The fourth-order valence-corrected chi connectivity index (χ4v) is 15.8. The molecular weight excluding hydrogens is 999 g/mol. The van der Waals surface area contributed by atoms with E-state index in [1.165, 1.54) is 98.5 Å². The normalized spacial score (nSPS) is 13.9. The van der Waals surface area contributed by atoms with Gasteiger partial charge in [0.2, 0.25) is 0 Å². The molecule has 4 aliphatic rings. The van der Waals surface area contributed by atoms with Gasteiger partial charge in [0.1, 0.15) is 11.5 Å². The van der Waals surface area contributed by atoms with Gasteiger partial charge in [0.25, 0.3) is 0 Å². The average molecular weight is 1050 g/mol. The highest BCUT2D eigenvalue weighted by Gasteiger charge is 2.53. The molecule has 13 aromatic rings. The van der Waals surface area contributed by atoms with Gasteiger partial charge < -0.3 is 9.64 Å². The lowest BCUT2D eigenvalue weighted by molar-refractivity contribution is 0.436. The number of nitrogens with zero attached hydrogens (tertiary/aromatic N) is 1. The lowest BCUT2D eigenvalue weighted by Gasteiger charge is -2.42. The number of anilines is 3. The van der Waals surface area contributed by atoms with E-state index >= 15 is 0 Å². The number of fused-ring (bicyclic) bond motifs is 19. The molecule has 0 bridgehead atoms. The molecule has 2 spiro atoms. The fraction of sp³-hybridized carbons (Fsp3) is 0.0256. The van der Waals surface area contributed by atoms with E-state index in [1.54, 1.807) is 0 Å². The van der Waals surface area contributed by atoms with Crippen LogP contribution in [0.1, 0.15) is 44.5 Å². The van der Waals surface area contributed by atoms with Gasteiger partial charge in [-0.05, 0) is 160 Å². The number of rotatable bonds is 6. The minimum absolute atomic E-state index is 0.558. The summed E-state index contributed by atoms with van der Waals surface area (Å²) in [7, 11) is 0. The summed E-state index contributed by atoms with van der Waals surface area (Å²) < 4.78 is 7.23. The van der Waals surface area contributed by atoms with Gasteiger partial charge in [-0.1, -0.05) is 248 Å². The van der Waals surface area contributed by atoms with Crippen molar-refractivity contribution < 1.29 is 4.74 Å². The smallest absolute Gasteiger partial charge is 0.132 e. The van der Waals surface area contributed by atoms with Crippen LogP contribution in [0, 0.1) is 0 Å². The maximum absolute atomic E-state index is 7.23. The highest BCUT2D eigenvalue weighted by Crippen LogP contribution is 2.66. The zero-order valence-corrected chi connectivity index (χ0v) is 44.9. The van der Waals surface area contributed by atoms with Crippen LogP contribution in [-0.2, 0) is 10.8 Å². The van der Waals surface area contributed by atoms with Crippen molar-refractivity contribution in [2.75, 3.05) is 4.90 Å². The van der Waals surface area contributed by atoms with E-state index < -0.39 is 10.8 Å². The van der Waals surface area contributed by atoms with Crippen LogP contribution in [0.2, 0.25) is 0 Å². The molecule has 0 atom stereocenters. The van der Waals surface area contributed by atoms with Crippen molar-refractivity contribution in [2.24, 2.45) is 0 Å². The van der Waals surface area contributed by atoms with Crippen LogP contribution < -0.4 is 9.64 Å². The molecule has 0 saturated heterocycles. The fourth-order valence-electron chi connectivity index (χ4n) is 14.5. The van der Waals surface area contributed by atoms with E-state index in [-0.39, 0.29) is 0 Å². The van der Waals surface area contributed by atoms with Gasteiger partial charge in [-0.25, -0.2) is 0 Å². The number of hydrogen-bond donors (Lipinski definition) is 0. The summed E-state index contributed by atoms with van der Waals surface area (Å²) in [6.45, 7) is 0. The minimum atomic E-state index is -0.714. The second-order valence-corrected chi connectivity index (χ2v) is 22.8. The van der Waals surface area contributed by atoms with Gasteiger partial charge in [0, 0.05) is 32.3 Å². The first-order chi connectivity index (χ1) is 40.2. The van der Waals surface area contributed by atoms with E-state index in [0.29, 0.717) is 0 Å². The average Bonchev–Trinajstić information content (AvgIpc) is 2.57. The summed E-state index contributed by atoms with van der Waals surface area (Å²) in [6, 6.07) is 111. The van der Waals surface area contributed by atoms with Crippen LogP contribution in [0.4, 0.5) is 17.1 Å². The quantitative estimate of drug-likeness (QED) is 0.165. The number of benzene rings is 13. The van der Waals surface area contributed by atoms with E-state index in [1.807, 2.05) is 11.8 Å². The molecule has 13 aromatic carbocycles. The number of ether oxygens (including phenoxy) is 1. The Kier molecular flexibility index (Phi) is 10.1. The van der Waals surface area contributed by atoms with Gasteiger partial charge in [-0.15, -0.1) is 0 Å². The zero-order valence-electron chi connectivity index (χ0n) is 44.1. The molecule has 81 heavy (non-hydrogen) atoms. The highest BCUT2D eigenvalue weighted by molar-refractivity contribution is 7.99. The second-order valence-electron chi connectivity index (χ2n) is 21.8. The third kappa shape index (κ3) is 6.58. The molecule has 0 aromatic heterocycles. The molecule has 2 nitrogen and oxygen atoms in total. The Morgan fingerprint density at radius 2 is 0.741 bits per heavy atom. The second kappa shape index (κ2) is 17.8. The molecule has 0 N–H and O–H groups in total. The molecule has 2 aliphatic heterocycles. The summed E-state index contributed by atoms with van der Waals surface area (Å²) >= 11 is 1.89. The maximum atomic E-state index is 7.23. The molecule has 0 amide bonds. The van der Waals surface area contributed by atoms with E-state index in [0.717, 1.165) is 50.8 Å². The largest absolute Gasteiger partial charge is 0.457 e. The van der Waals surface area contributed by atoms with Crippen LogP contribution in [-0.4, -0.2) is 0 Å². The van der Waals surface area contributed by atoms with Crippen molar-refractivity contribution >= 4 is 39.6 Å². The van der Waals surface area contributed by atoms with Crippen molar-refractivity contribution in [2.45, 2.75) is 20.6 Å². The summed E-state index contributed by atoms with van der Waals surface area (Å²) in [5.41, 5.74) is 24.0. The van der Waals surface area contributed by atoms with Crippen molar-refractivity contribution in [3.63, 3.8) is 0 Å². The summed E-state index contributed by atoms with van der Waals surface area (Å²) in [4.78, 5) is 5.02. The Balaban J connectivity index is 0.938. The summed E-state index contributed by atoms with van der Waals surface area (Å²) in [5, 5.41) is 2.46. The van der Waals surface area contributed by atoms with E-state index in [4.69, 9.17) is 4.74 Å². The van der Waals surface area contributed by atoms with Gasteiger partial charge in [-0.3, -0.25) is 0 Å². The molecule has 0 fully saturated rings. The zero-order chi connectivity index (χ0) is 53.2. The van der Waals surface area contributed by atoms with E-state index in [9.17, 15) is 0 Å². The first kappa shape index (κ1) is 46.0. The van der Waals surface area contributed by atoms with Crippen molar-refractivity contribution in [1.29, 1.82) is 0 Å². The Hall–Kier alpha value is -9.93.